The highest BCUT2D eigenvalue weighted by atomic mass is 32.2. The van der Waals surface area contributed by atoms with E-state index in [1.165, 1.54) is 19.2 Å². The van der Waals surface area contributed by atoms with Gasteiger partial charge in [-0.1, -0.05) is 90.7 Å². The SMILES string of the molecule is COc1ccc(S(=O)(=O)N(CC(=O)N(Cc2cccc(C)c2)[C@@H](Cc2ccccc2)C(=O)NC2CCCC2)c2ccc(C)cc2)cc1. The highest BCUT2D eigenvalue weighted by Crippen LogP contribution is 2.27. The number of amides is 2. The maximum absolute atomic E-state index is 14.7. The average molecular weight is 654 g/mol. The van der Waals surface area contributed by atoms with E-state index < -0.39 is 28.5 Å². The minimum absolute atomic E-state index is 0.0247. The van der Waals surface area contributed by atoms with Crippen molar-refractivity contribution in [1.82, 2.24) is 10.2 Å². The summed E-state index contributed by atoms with van der Waals surface area (Å²) in [5, 5.41) is 3.21. The number of sulfonamides is 1. The fraction of sp³-hybridized carbons (Fsp3) is 0.316. The molecule has 9 heteroatoms. The molecule has 1 fully saturated rings. The molecule has 246 valence electrons. The Labute approximate surface area is 278 Å². The lowest BCUT2D eigenvalue weighted by Crippen LogP contribution is -2.54. The van der Waals surface area contributed by atoms with Crippen LogP contribution in [-0.4, -0.2) is 50.9 Å². The lowest BCUT2D eigenvalue weighted by Gasteiger charge is -2.34. The Bertz CT molecular complexity index is 1750. The minimum Gasteiger partial charge on any atom is -0.497 e. The van der Waals surface area contributed by atoms with E-state index in [0.717, 1.165) is 52.2 Å². The molecule has 0 radical (unpaired) electrons. The molecule has 0 unspecified atom stereocenters. The van der Waals surface area contributed by atoms with Gasteiger partial charge in [0.1, 0.15) is 18.3 Å². The number of ether oxygens (including phenoxy) is 1. The molecular formula is C38H43N3O5S. The first-order valence-corrected chi connectivity index (χ1v) is 17.5. The normalized spacial score (nSPS) is 13.9. The number of hydrogen-bond donors (Lipinski definition) is 1. The largest absolute Gasteiger partial charge is 0.497 e. The lowest BCUT2D eigenvalue weighted by molar-refractivity contribution is -0.140. The summed E-state index contributed by atoms with van der Waals surface area (Å²) < 4.78 is 34.8. The third-order valence-electron chi connectivity index (χ3n) is 8.66. The predicted molar refractivity (Wildman–Crippen MR) is 185 cm³/mol. The van der Waals surface area contributed by atoms with Gasteiger partial charge in [0, 0.05) is 19.0 Å². The molecule has 0 saturated heterocycles. The molecule has 2 amide bonds. The second-order valence-electron chi connectivity index (χ2n) is 12.2. The van der Waals surface area contributed by atoms with Gasteiger partial charge in [0.2, 0.25) is 11.8 Å². The molecule has 0 aromatic heterocycles. The van der Waals surface area contributed by atoms with Crippen LogP contribution in [0.5, 0.6) is 5.75 Å². The first-order valence-electron chi connectivity index (χ1n) is 16.1. The molecule has 1 aliphatic carbocycles. The Morgan fingerprint density at radius 2 is 1.49 bits per heavy atom. The molecule has 1 atom stereocenters. The Kier molecular flexibility index (Phi) is 11.0. The van der Waals surface area contributed by atoms with E-state index in [2.05, 4.69) is 5.32 Å². The van der Waals surface area contributed by atoms with Crippen molar-refractivity contribution in [3.8, 4) is 5.75 Å². The number of benzene rings is 4. The van der Waals surface area contributed by atoms with Gasteiger partial charge in [-0.25, -0.2) is 8.42 Å². The van der Waals surface area contributed by atoms with Crippen molar-refractivity contribution in [3.63, 3.8) is 0 Å². The molecule has 4 aromatic rings. The smallest absolute Gasteiger partial charge is 0.264 e. The van der Waals surface area contributed by atoms with E-state index in [-0.39, 0.29) is 29.8 Å². The highest BCUT2D eigenvalue weighted by molar-refractivity contribution is 7.92. The molecule has 5 rings (SSSR count). The van der Waals surface area contributed by atoms with Crippen LogP contribution in [0.3, 0.4) is 0 Å². The maximum atomic E-state index is 14.7. The summed E-state index contributed by atoms with van der Waals surface area (Å²) in [5.74, 6) is -0.198. The number of anilines is 1. The Balaban J connectivity index is 1.56. The van der Waals surface area contributed by atoms with Gasteiger partial charge in [-0.05, 0) is 74.2 Å². The van der Waals surface area contributed by atoms with E-state index in [9.17, 15) is 18.0 Å². The molecule has 0 spiro atoms. The predicted octanol–water partition coefficient (Wildman–Crippen LogP) is 6.21. The third kappa shape index (κ3) is 8.60. The number of rotatable bonds is 13. The van der Waals surface area contributed by atoms with E-state index >= 15 is 0 Å². The lowest BCUT2D eigenvalue weighted by atomic mass is 10.0. The van der Waals surface area contributed by atoms with Crippen LogP contribution in [-0.2, 0) is 32.6 Å². The van der Waals surface area contributed by atoms with Gasteiger partial charge in [0.05, 0.1) is 17.7 Å². The van der Waals surface area contributed by atoms with Crippen LogP contribution in [0.2, 0.25) is 0 Å². The summed E-state index contributed by atoms with van der Waals surface area (Å²) in [5.41, 5.74) is 4.08. The Morgan fingerprint density at radius 3 is 2.13 bits per heavy atom. The van der Waals surface area contributed by atoms with E-state index in [1.807, 2.05) is 80.6 Å². The quantitative estimate of drug-likeness (QED) is 0.185. The molecular weight excluding hydrogens is 611 g/mol. The van der Waals surface area contributed by atoms with Crippen molar-refractivity contribution in [2.75, 3.05) is 18.0 Å². The van der Waals surface area contributed by atoms with Gasteiger partial charge >= 0.3 is 0 Å². The van der Waals surface area contributed by atoms with Crippen molar-refractivity contribution >= 4 is 27.5 Å². The molecule has 0 aliphatic heterocycles. The van der Waals surface area contributed by atoms with E-state index in [0.29, 0.717) is 11.4 Å². The molecule has 0 heterocycles. The first kappa shape index (κ1) is 33.7. The summed E-state index contributed by atoms with van der Waals surface area (Å²) in [7, 11) is -2.68. The highest BCUT2D eigenvalue weighted by Gasteiger charge is 2.35. The van der Waals surface area contributed by atoms with Crippen molar-refractivity contribution in [2.24, 2.45) is 0 Å². The first-order chi connectivity index (χ1) is 22.6. The molecule has 1 saturated carbocycles. The van der Waals surface area contributed by atoms with Crippen molar-refractivity contribution in [3.05, 3.63) is 125 Å². The zero-order valence-electron chi connectivity index (χ0n) is 27.3. The molecule has 4 aromatic carbocycles. The van der Waals surface area contributed by atoms with Gasteiger partial charge in [-0.3, -0.25) is 13.9 Å². The summed E-state index contributed by atoms with van der Waals surface area (Å²) in [6, 6.07) is 29.7. The number of methoxy groups -OCH3 is 1. The molecule has 1 N–H and O–H groups in total. The van der Waals surface area contributed by atoms with E-state index in [1.54, 1.807) is 29.2 Å². The number of hydrogen-bond acceptors (Lipinski definition) is 5. The molecule has 47 heavy (non-hydrogen) atoms. The van der Waals surface area contributed by atoms with Crippen molar-refractivity contribution in [2.45, 2.75) is 69.5 Å². The van der Waals surface area contributed by atoms with Crippen LogP contribution < -0.4 is 14.4 Å². The summed E-state index contributed by atoms with van der Waals surface area (Å²) >= 11 is 0. The zero-order valence-corrected chi connectivity index (χ0v) is 28.1. The number of nitrogens with zero attached hydrogens (tertiary/aromatic N) is 2. The number of carbonyl (C=O) groups is 2. The van der Waals surface area contributed by atoms with Crippen LogP contribution in [0.4, 0.5) is 5.69 Å². The number of aryl methyl sites for hydroxylation is 2. The Morgan fingerprint density at radius 1 is 0.830 bits per heavy atom. The fourth-order valence-corrected chi connectivity index (χ4v) is 7.46. The number of carbonyl (C=O) groups excluding carboxylic acids is 2. The van der Waals surface area contributed by atoms with E-state index in [4.69, 9.17) is 4.74 Å². The van der Waals surface area contributed by atoms with Crippen LogP contribution in [0.15, 0.2) is 108 Å². The van der Waals surface area contributed by atoms with Crippen LogP contribution >= 0.6 is 0 Å². The molecule has 8 nitrogen and oxygen atoms in total. The van der Waals surface area contributed by atoms with Crippen LogP contribution in [0, 0.1) is 13.8 Å². The molecule has 1 aliphatic rings. The second kappa shape index (κ2) is 15.3. The summed E-state index contributed by atoms with van der Waals surface area (Å²) in [6.45, 7) is 3.54. The zero-order chi connectivity index (χ0) is 33.4. The standard InChI is InChI=1S/C38H43N3O5S/c1-28-16-18-33(19-17-28)41(47(44,45)35-22-20-34(46-3)21-23-35)27-37(42)40(26-31-13-9-10-29(2)24-31)36(25-30-11-5-4-6-12-30)38(43)39-32-14-7-8-15-32/h4-6,9-13,16-24,32,36H,7-8,14-15,25-27H2,1-3H3,(H,39,43)/t36-/m0/s1. The van der Waals surface area contributed by atoms with Gasteiger partial charge in [0.15, 0.2) is 0 Å². The third-order valence-corrected chi connectivity index (χ3v) is 10.4. The van der Waals surface area contributed by atoms with Crippen LogP contribution in [0.1, 0.15) is 47.9 Å². The number of nitrogens with one attached hydrogen (secondary N) is 1. The van der Waals surface area contributed by atoms with Crippen LogP contribution in [0.25, 0.3) is 0 Å². The fourth-order valence-electron chi connectivity index (χ4n) is 6.04. The topological polar surface area (TPSA) is 96.0 Å². The van der Waals surface area contributed by atoms with Gasteiger partial charge in [0.25, 0.3) is 10.0 Å². The summed E-state index contributed by atoms with van der Waals surface area (Å²) in [6.07, 6.45) is 4.19. The van der Waals surface area contributed by atoms with Gasteiger partial charge in [-0.15, -0.1) is 0 Å². The maximum Gasteiger partial charge on any atom is 0.264 e. The second-order valence-corrected chi connectivity index (χ2v) is 14.1. The summed E-state index contributed by atoms with van der Waals surface area (Å²) in [4.78, 5) is 30.4. The van der Waals surface area contributed by atoms with Crippen molar-refractivity contribution < 1.29 is 22.7 Å². The van der Waals surface area contributed by atoms with Gasteiger partial charge < -0.3 is 15.0 Å². The minimum atomic E-state index is -4.19. The Hall–Kier alpha value is -4.63. The van der Waals surface area contributed by atoms with Crippen molar-refractivity contribution in [1.29, 1.82) is 0 Å². The monoisotopic (exact) mass is 653 g/mol. The molecule has 0 bridgehead atoms. The van der Waals surface area contributed by atoms with Gasteiger partial charge in [-0.2, -0.15) is 0 Å². The average Bonchev–Trinajstić information content (AvgIpc) is 3.59.